The summed E-state index contributed by atoms with van der Waals surface area (Å²) in [5.74, 6) is 0.209. The Morgan fingerprint density at radius 1 is 0.969 bits per heavy atom. The third-order valence-electron chi connectivity index (χ3n) is 4.86. The maximum Gasteiger partial charge on any atom is 0.227 e. The molecule has 0 aliphatic carbocycles. The molecule has 0 unspecified atom stereocenters. The quantitative estimate of drug-likeness (QED) is 0.362. The summed E-state index contributed by atoms with van der Waals surface area (Å²) in [5.41, 5.74) is 3.16. The molecule has 0 atom stereocenters. The third-order valence-corrected chi connectivity index (χ3v) is 5.93. The van der Waals surface area contributed by atoms with E-state index in [0.717, 1.165) is 20.8 Å². The van der Waals surface area contributed by atoms with Crippen LogP contribution in [0, 0.1) is 5.82 Å². The molecule has 32 heavy (non-hydrogen) atoms. The van der Waals surface area contributed by atoms with Gasteiger partial charge in [0.25, 0.3) is 0 Å². The third kappa shape index (κ3) is 4.26. The SMILES string of the molecule is O=C(CCc1nc(-c2ccc(F)cc2)no1)Nc1ccccc1-c1nc2ccccc2s1. The molecule has 0 aliphatic rings. The summed E-state index contributed by atoms with van der Waals surface area (Å²) in [6, 6.07) is 21.4. The van der Waals surface area contributed by atoms with Gasteiger partial charge in [-0.25, -0.2) is 9.37 Å². The van der Waals surface area contributed by atoms with E-state index in [1.54, 1.807) is 23.5 Å². The van der Waals surface area contributed by atoms with Gasteiger partial charge in [0.2, 0.25) is 17.6 Å². The zero-order valence-corrected chi connectivity index (χ0v) is 17.6. The number of hydrogen-bond donors (Lipinski definition) is 1. The number of carbonyl (C=O) groups excluding carboxylic acids is 1. The molecule has 5 aromatic rings. The minimum atomic E-state index is -0.333. The maximum absolute atomic E-state index is 13.1. The van der Waals surface area contributed by atoms with Crippen molar-refractivity contribution in [1.82, 2.24) is 15.1 Å². The van der Waals surface area contributed by atoms with Gasteiger partial charge in [-0.05, 0) is 48.5 Å². The van der Waals surface area contributed by atoms with Crippen LogP contribution in [0.25, 0.3) is 32.2 Å². The highest BCUT2D eigenvalue weighted by Gasteiger charge is 2.14. The van der Waals surface area contributed by atoms with Gasteiger partial charge in [-0.1, -0.05) is 29.4 Å². The molecule has 8 heteroatoms. The molecule has 0 radical (unpaired) electrons. The van der Waals surface area contributed by atoms with Crippen molar-refractivity contribution in [3.8, 4) is 22.0 Å². The van der Waals surface area contributed by atoms with E-state index in [0.29, 0.717) is 29.4 Å². The predicted octanol–water partition coefficient (Wildman–Crippen LogP) is 5.72. The van der Waals surface area contributed by atoms with Gasteiger partial charge in [0, 0.05) is 24.0 Å². The molecular formula is C24H17FN4O2S. The lowest BCUT2D eigenvalue weighted by atomic mass is 10.1. The van der Waals surface area contributed by atoms with Crippen molar-refractivity contribution in [3.63, 3.8) is 0 Å². The molecule has 5 rings (SSSR count). The molecule has 0 bridgehead atoms. The van der Waals surface area contributed by atoms with Crippen LogP contribution in [0.1, 0.15) is 12.3 Å². The van der Waals surface area contributed by atoms with Gasteiger partial charge in [0.1, 0.15) is 10.8 Å². The summed E-state index contributed by atoms with van der Waals surface area (Å²) in [4.78, 5) is 21.6. The van der Waals surface area contributed by atoms with E-state index in [-0.39, 0.29) is 18.1 Å². The number of rotatable bonds is 6. The minimum absolute atomic E-state index is 0.167. The lowest BCUT2D eigenvalue weighted by molar-refractivity contribution is -0.116. The van der Waals surface area contributed by atoms with Gasteiger partial charge in [0.15, 0.2) is 0 Å². The zero-order chi connectivity index (χ0) is 21.9. The summed E-state index contributed by atoms with van der Waals surface area (Å²) < 4.78 is 19.4. The van der Waals surface area contributed by atoms with E-state index in [1.807, 2.05) is 48.5 Å². The lowest BCUT2D eigenvalue weighted by Gasteiger charge is -2.08. The Kier molecular flexibility index (Phi) is 5.43. The van der Waals surface area contributed by atoms with Crippen molar-refractivity contribution in [2.45, 2.75) is 12.8 Å². The topological polar surface area (TPSA) is 80.9 Å². The van der Waals surface area contributed by atoms with Crippen LogP contribution in [0.4, 0.5) is 10.1 Å². The number of carbonyl (C=O) groups is 1. The Hall–Kier alpha value is -3.91. The number of aryl methyl sites for hydroxylation is 1. The number of nitrogens with zero attached hydrogens (tertiary/aromatic N) is 3. The number of benzene rings is 3. The van der Waals surface area contributed by atoms with E-state index in [1.165, 1.54) is 12.1 Å². The van der Waals surface area contributed by atoms with Gasteiger partial charge in [-0.15, -0.1) is 11.3 Å². The van der Waals surface area contributed by atoms with Crippen LogP contribution in [-0.2, 0) is 11.2 Å². The van der Waals surface area contributed by atoms with Crippen molar-refractivity contribution in [3.05, 3.63) is 84.5 Å². The summed E-state index contributed by atoms with van der Waals surface area (Å²) in [5, 5.41) is 7.72. The maximum atomic E-state index is 13.1. The first-order valence-corrected chi connectivity index (χ1v) is 10.8. The molecule has 1 amide bonds. The number of thiazole rings is 1. The Labute approximate surface area is 186 Å². The van der Waals surface area contributed by atoms with Crippen molar-refractivity contribution in [1.29, 1.82) is 0 Å². The Morgan fingerprint density at radius 3 is 2.59 bits per heavy atom. The fourth-order valence-corrected chi connectivity index (χ4v) is 4.28. The first-order chi connectivity index (χ1) is 15.7. The highest BCUT2D eigenvalue weighted by molar-refractivity contribution is 7.21. The van der Waals surface area contributed by atoms with Crippen LogP contribution in [0.5, 0.6) is 0 Å². The van der Waals surface area contributed by atoms with Crippen LogP contribution in [0.15, 0.2) is 77.3 Å². The number of halogens is 1. The summed E-state index contributed by atoms with van der Waals surface area (Å²) in [6.07, 6.45) is 0.475. The Bertz CT molecular complexity index is 1360. The molecule has 158 valence electrons. The smallest absolute Gasteiger partial charge is 0.227 e. The number of aromatic nitrogens is 3. The van der Waals surface area contributed by atoms with Crippen LogP contribution in [-0.4, -0.2) is 21.0 Å². The van der Waals surface area contributed by atoms with Gasteiger partial charge in [-0.2, -0.15) is 4.98 Å². The van der Waals surface area contributed by atoms with Gasteiger partial charge in [-0.3, -0.25) is 4.79 Å². The zero-order valence-electron chi connectivity index (χ0n) is 16.8. The number of hydrogen-bond acceptors (Lipinski definition) is 6. The highest BCUT2D eigenvalue weighted by atomic mass is 32.1. The first kappa shape index (κ1) is 20.0. The molecule has 6 nitrogen and oxygen atoms in total. The average Bonchev–Trinajstić information content (AvgIpc) is 3.46. The fraction of sp³-hybridized carbons (Fsp3) is 0.0833. The summed E-state index contributed by atoms with van der Waals surface area (Å²) in [6.45, 7) is 0. The second-order valence-corrected chi connectivity index (χ2v) is 8.13. The number of para-hydroxylation sites is 2. The summed E-state index contributed by atoms with van der Waals surface area (Å²) in [7, 11) is 0. The Morgan fingerprint density at radius 2 is 1.75 bits per heavy atom. The number of anilines is 1. The molecule has 3 aromatic carbocycles. The molecule has 0 aliphatic heterocycles. The minimum Gasteiger partial charge on any atom is -0.339 e. The van der Waals surface area contributed by atoms with Gasteiger partial charge >= 0.3 is 0 Å². The Balaban J connectivity index is 1.27. The predicted molar refractivity (Wildman–Crippen MR) is 122 cm³/mol. The van der Waals surface area contributed by atoms with E-state index >= 15 is 0 Å². The van der Waals surface area contributed by atoms with Crippen molar-refractivity contribution < 1.29 is 13.7 Å². The second-order valence-electron chi connectivity index (χ2n) is 7.10. The molecule has 0 saturated carbocycles. The standard InChI is InChI=1S/C24H17FN4O2S/c25-16-11-9-15(10-12-16)23-28-22(31-29-23)14-13-21(30)26-18-6-2-1-5-17(18)24-27-19-7-3-4-8-20(19)32-24/h1-12H,13-14H2,(H,26,30). The molecule has 0 saturated heterocycles. The van der Waals surface area contributed by atoms with Gasteiger partial charge in [0.05, 0.1) is 15.9 Å². The molecule has 2 heterocycles. The fourth-order valence-electron chi connectivity index (χ4n) is 3.27. The molecule has 2 aromatic heterocycles. The van der Waals surface area contributed by atoms with Crippen LogP contribution in [0.3, 0.4) is 0 Å². The average molecular weight is 444 g/mol. The number of amides is 1. The molecular weight excluding hydrogens is 427 g/mol. The van der Waals surface area contributed by atoms with Crippen molar-refractivity contribution in [2.75, 3.05) is 5.32 Å². The van der Waals surface area contributed by atoms with E-state index < -0.39 is 0 Å². The van der Waals surface area contributed by atoms with Gasteiger partial charge < -0.3 is 9.84 Å². The van der Waals surface area contributed by atoms with E-state index in [9.17, 15) is 9.18 Å². The van der Waals surface area contributed by atoms with Crippen molar-refractivity contribution >= 4 is 33.1 Å². The molecule has 0 fully saturated rings. The largest absolute Gasteiger partial charge is 0.339 e. The number of fused-ring (bicyclic) bond motifs is 1. The van der Waals surface area contributed by atoms with Crippen LogP contribution in [0.2, 0.25) is 0 Å². The van der Waals surface area contributed by atoms with E-state index in [4.69, 9.17) is 9.51 Å². The second kappa shape index (κ2) is 8.68. The van der Waals surface area contributed by atoms with E-state index in [2.05, 4.69) is 15.5 Å². The molecule has 1 N–H and O–H groups in total. The monoisotopic (exact) mass is 444 g/mol. The normalized spacial score (nSPS) is 11.0. The van der Waals surface area contributed by atoms with Crippen molar-refractivity contribution in [2.24, 2.45) is 0 Å². The summed E-state index contributed by atoms with van der Waals surface area (Å²) >= 11 is 1.58. The van der Waals surface area contributed by atoms with Crippen LogP contribution < -0.4 is 5.32 Å². The van der Waals surface area contributed by atoms with Crippen LogP contribution >= 0.6 is 11.3 Å². The lowest BCUT2D eigenvalue weighted by Crippen LogP contribution is -2.13. The molecule has 0 spiro atoms. The number of nitrogens with one attached hydrogen (secondary N) is 1. The highest BCUT2D eigenvalue weighted by Crippen LogP contribution is 2.34. The first-order valence-electron chi connectivity index (χ1n) is 9.99.